The molecule has 0 unspecified atom stereocenters. The van der Waals surface area contributed by atoms with Crippen molar-refractivity contribution in [1.82, 2.24) is 5.32 Å². The second-order valence-corrected chi connectivity index (χ2v) is 8.42. The molecule has 29 heavy (non-hydrogen) atoms. The molecular formula is C25H33N3O. The molecule has 3 aliphatic rings. The van der Waals surface area contributed by atoms with Crippen molar-refractivity contribution >= 4 is 18.0 Å². The second kappa shape index (κ2) is 10.3. The van der Waals surface area contributed by atoms with Crippen LogP contribution >= 0.6 is 0 Å². The van der Waals surface area contributed by atoms with Crippen LogP contribution in [0.5, 0.6) is 0 Å². The predicted molar refractivity (Wildman–Crippen MR) is 122 cm³/mol. The van der Waals surface area contributed by atoms with E-state index in [1.54, 1.807) is 0 Å². The SMILES string of the molecule is CC1=CC(CCC(=O)NC(C)C)=CC=C(C2=NC=C(C3=CCCCC3)CC=N2)C1. The van der Waals surface area contributed by atoms with E-state index in [1.807, 2.05) is 26.3 Å². The van der Waals surface area contributed by atoms with Gasteiger partial charge in [0.2, 0.25) is 5.91 Å². The summed E-state index contributed by atoms with van der Waals surface area (Å²) in [6, 6.07) is 0.183. The van der Waals surface area contributed by atoms with Gasteiger partial charge in [-0.2, -0.15) is 0 Å². The molecule has 0 aromatic heterocycles. The summed E-state index contributed by atoms with van der Waals surface area (Å²) in [7, 11) is 0. The number of nitrogens with one attached hydrogen (secondary N) is 1. The molecule has 0 spiro atoms. The van der Waals surface area contributed by atoms with Crippen molar-refractivity contribution in [2.24, 2.45) is 9.98 Å². The zero-order valence-electron chi connectivity index (χ0n) is 18.0. The highest BCUT2D eigenvalue weighted by atomic mass is 16.1. The molecule has 1 aliphatic heterocycles. The molecule has 0 fully saturated rings. The number of amidine groups is 1. The average molecular weight is 392 g/mol. The van der Waals surface area contributed by atoms with Gasteiger partial charge in [0.05, 0.1) is 0 Å². The third-order valence-electron chi connectivity index (χ3n) is 5.35. The lowest BCUT2D eigenvalue weighted by atomic mass is 9.93. The van der Waals surface area contributed by atoms with E-state index in [2.05, 4.69) is 41.5 Å². The molecule has 0 atom stereocenters. The largest absolute Gasteiger partial charge is 0.354 e. The molecule has 2 aliphatic carbocycles. The van der Waals surface area contributed by atoms with Crippen LogP contribution < -0.4 is 5.32 Å². The highest BCUT2D eigenvalue weighted by molar-refractivity contribution is 6.04. The molecule has 1 heterocycles. The van der Waals surface area contributed by atoms with E-state index in [0.29, 0.717) is 6.42 Å². The van der Waals surface area contributed by atoms with Crippen molar-refractivity contribution in [3.05, 3.63) is 58.4 Å². The monoisotopic (exact) mass is 391 g/mol. The van der Waals surface area contributed by atoms with Crippen LogP contribution in [-0.2, 0) is 4.79 Å². The van der Waals surface area contributed by atoms with Crippen LogP contribution in [0.25, 0.3) is 0 Å². The van der Waals surface area contributed by atoms with Crippen LogP contribution in [0.4, 0.5) is 0 Å². The third-order valence-corrected chi connectivity index (χ3v) is 5.35. The lowest BCUT2D eigenvalue weighted by Crippen LogP contribution is -2.29. The maximum Gasteiger partial charge on any atom is 0.220 e. The van der Waals surface area contributed by atoms with Crippen molar-refractivity contribution < 1.29 is 4.79 Å². The lowest BCUT2D eigenvalue weighted by molar-refractivity contribution is -0.121. The summed E-state index contributed by atoms with van der Waals surface area (Å²) in [4.78, 5) is 21.3. The highest BCUT2D eigenvalue weighted by Gasteiger charge is 2.14. The van der Waals surface area contributed by atoms with E-state index in [1.165, 1.54) is 41.6 Å². The standard InChI is InChI=1S/C25H33N3O/c1-18(2)28-24(29)12-10-20-9-11-22(16-19(3)15-20)25-26-14-13-23(17-27-25)21-7-5-4-6-8-21/h7,9,11,14-15,17-18H,4-6,8,10,12-13,16H2,1-3H3,(H,28,29). The van der Waals surface area contributed by atoms with Crippen LogP contribution in [0, 0.1) is 0 Å². The minimum Gasteiger partial charge on any atom is -0.354 e. The van der Waals surface area contributed by atoms with Crippen molar-refractivity contribution in [3.63, 3.8) is 0 Å². The summed E-state index contributed by atoms with van der Waals surface area (Å²) in [5.41, 5.74) is 6.33. The normalized spacial score (nSPS) is 19.9. The van der Waals surface area contributed by atoms with Gasteiger partial charge in [-0.05, 0) is 76.0 Å². The Hall–Kier alpha value is -2.49. The molecule has 0 bridgehead atoms. The first-order valence-corrected chi connectivity index (χ1v) is 10.9. The first-order chi connectivity index (χ1) is 14.0. The molecule has 1 amide bonds. The molecule has 3 rings (SSSR count). The predicted octanol–water partition coefficient (Wildman–Crippen LogP) is 5.75. The van der Waals surface area contributed by atoms with Gasteiger partial charge < -0.3 is 5.32 Å². The van der Waals surface area contributed by atoms with Crippen LogP contribution in [0.3, 0.4) is 0 Å². The molecule has 0 radical (unpaired) electrons. The molecule has 4 heteroatoms. The van der Waals surface area contributed by atoms with Gasteiger partial charge in [0.1, 0.15) is 0 Å². The first kappa shape index (κ1) is 21.2. The Bertz CT molecular complexity index is 847. The van der Waals surface area contributed by atoms with Crippen molar-refractivity contribution in [2.75, 3.05) is 0 Å². The summed E-state index contributed by atoms with van der Waals surface area (Å²) in [5.74, 6) is 0.909. The molecular weight excluding hydrogens is 358 g/mol. The maximum atomic E-state index is 12.0. The fraction of sp³-hybridized carbons (Fsp3) is 0.480. The summed E-state index contributed by atoms with van der Waals surface area (Å²) in [5, 5.41) is 2.96. The van der Waals surface area contributed by atoms with E-state index >= 15 is 0 Å². The summed E-state index contributed by atoms with van der Waals surface area (Å²) < 4.78 is 0. The van der Waals surface area contributed by atoms with Gasteiger partial charge in [0, 0.05) is 36.9 Å². The van der Waals surface area contributed by atoms with E-state index in [4.69, 9.17) is 4.99 Å². The number of aliphatic imine (C=N–C) groups is 2. The highest BCUT2D eigenvalue weighted by Crippen LogP contribution is 2.27. The number of rotatable bonds is 6. The number of carbonyl (C=O) groups excluding carboxylic acids is 1. The Balaban J connectivity index is 1.72. The fourth-order valence-corrected chi connectivity index (χ4v) is 3.91. The van der Waals surface area contributed by atoms with Gasteiger partial charge in [-0.25, -0.2) is 9.98 Å². The third kappa shape index (κ3) is 6.52. The Kier molecular flexibility index (Phi) is 7.56. The summed E-state index contributed by atoms with van der Waals surface area (Å²) in [6.45, 7) is 6.11. The van der Waals surface area contributed by atoms with Gasteiger partial charge in [-0.3, -0.25) is 4.79 Å². The zero-order valence-corrected chi connectivity index (χ0v) is 18.0. The topological polar surface area (TPSA) is 53.8 Å². The molecule has 0 aromatic carbocycles. The molecule has 154 valence electrons. The van der Waals surface area contributed by atoms with Gasteiger partial charge in [0.15, 0.2) is 5.84 Å². The fourth-order valence-electron chi connectivity index (χ4n) is 3.91. The molecule has 4 nitrogen and oxygen atoms in total. The maximum absolute atomic E-state index is 12.0. The van der Waals surface area contributed by atoms with E-state index in [-0.39, 0.29) is 11.9 Å². The van der Waals surface area contributed by atoms with Gasteiger partial charge >= 0.3 is 0 Å². The smallest absolute Gasteiger partial charge is 0.220 e. The van der Waals surface area contributed by atoms with Crippen LogP contribution in [0.2, 0.25) is 0 Å². The average Bonchev–Trinajstić information content (AvgIpc) is 3.05. The van der Waals surface area contributed by atoms with Crippen molar-refractivity contribution in [2.45, 2.75) is 78.2 Å². The Labute approximate surface area is 175 Å². The first-order valence-electron chi connectivity index (χ1n) is 10.9. The molecule has 0 saturated heterocycles. The Morgan fingerprint density at radius 1 is 1.17 bits per heavy atom. The molecule has 0 aromatic rings. The van der Waals surface area contributed by atoms with E-state index < -0.39 is 0 Å². The van der Waals surface area contributed by atoms with Gasteiger partial charge in [-0.1, -0.05) is 29.9 Å². The number of hydrogen-bond donors (Lipinski definition) is 1. The Morgan fingerprint density at radius 3 is 2.79 bits per heavy atom. The van der Waals surface area contributed by atoms with Gasteiger partial charge in [-0.15, -0.1) is 0 Å². The summed E-state index contributed by atoms with van der Waals surface area (Å²) >= 11 is 0. The molecule has 0 saturated carbocycles. The van der Waals surface area contributed by atoms with Crippen LogP contribution in [-0.4, -0.2) is 24.0 Å². The minimum absolute atomic E-state index is 0.104. The molecule has 1 N–H and O–H groups in total. The van der Waals surface area contributed by atoms with Crippen LogP contribution in [0.1, 0.15) is 72.1 Å². The van der Waals surface area contributed by atoms with Gasteiger partial charge in [0.25, 0.3) is 0 Å². The quantitative estimate of drug-likeness (QED) is 0.616. The summed E-state index contributed by atoms with van der Waals surface area (Å²) in [6.07, 6.45) is 20.7. The zero-order chi connectivity index (χ0) is 20.6. The van der Waals surface area contributed by atoms with Crippen LogP contribution in [0.15, 0.2) is 68.4 Å². The second-order valence-electron chi connectivity index (χ2n) is 8.42. The number of carbonyl (C=O) groups is 1. The van der Waals surface area contributed by atoms with Crippen molar-refractivity contribution in [1.29, 1.82) is 0 Å². The number of nitrogens with zero attached hydrogens (tertiary/aromatic N) is 2. The minimum atomic E-state index is 0.104. The van der Waals surface area contributed by atoms with E-state index in [9.17, 15) is 4.79 Å². The number of hydrogen-bond acceptors (Lipinski definition) is 3. The Morgan fingerprint density at radius 2 is 2.03 bits per heavy atom. The number of amides is 1. The van der Waals surface area contributed by atoms with E-state index in [0.717, 1.165) is 37.1 Å². The lowest BCUT2D eigenvalue weighted by Gasteiger charge is -2.13. The van der Waals surface area contributed by atoms with Crippen molar-refractivity contribution in [3.8, 4) is 0 Å². The number of allylic oxidation sites excluding steroid dienone is 8.